The highest BCUT2D eigenvalue weighted by molar-refractivity contribution is 5.24. The summed E-state index contributed by atoms with van der Waals surface area (Å²) in [6.45, 7) is 4.18. The Morgan fingerprint density at radius 1 is 1.04 bits per heavy atom. The molecule has 0 aromatic rings. The quantitative estimate of drug-likeness (QED) is 0.720. The average molecular weight is 358 g/mol. The summed E-state index contributed by atoms with van der Waals surface area (Å²) in [4.78, 5) is 0. The number of rotatable bonds is 3. The number of aliphatic hydroxyl groups excluding tert-OH is 3. The molecule has 0 aliphatic heterocycles. The smallest absolute Gasteiger partial charge is 0.270 e. The van der Waals surface area contributed by atoms with Crippen molar-refractivity contribution in [2.24, 2.45) is 34.5 Å². The zero-order valence-electron chi connectivity index (χ0n) is 15.3. The minimum atomic E-state index is -1.53. The maximum atomic E-state index is 13.4. The van der Waals surface area contributed by atoms with E-state index in [-0.39, 0.29) is 48.4 Å². The van der Waals surface area contributed by atoms with Gasteiger partial charge in [-0.2, -0.15) is 8.78 Å². The molecule has 0 bridgehead atoms. The standard InChI is InChI=1S/C20H32F2O3/c1-19(7-5-13(25)9-12(19)10-23)16-6-8-20(2)15(14(16)11-24)3-4-17(20)18(21)22/h12-16,23-25H,3-11H2,1-2H3/t12-,13+,14+,15?,16?,19+,20+/m1/s1. The summed E-state index contributed by atoms with van der Waals surface area (Å²) >= 11 is 0. The first-order valence-electron chi connectivity index (χ1n) is 9.72. The van der Waals surface area contributed by atoms with Crippen LogP contribution in [0.2, 0.25) is 0 Å². The predicted octanol–water partition coefficient (Wildman–Crippen LogP) is 3.73. The maximum absolute atomic E-state index is 13.4. The molecule has 0 saturated heterocycles. The number of hydrogen-bond acceptors (Lipinski definition) is 3. The summed E-state index contributed by atoms with van der Waals surface area (Å²) in [5.41, 5.74) is -0.344. The molecule has 2 unspecified atom stereocenters. The molecular weight excluding hydrogens is 326 g/mol. The van der Waals surface area contributed by atoms with Gasteiger partial charge in [-0.15, -0.1) is 0 Å². The molecular formula is C20H32F2O3. The molecule has 3 rings (SSSR count). The molecule has 0 heterocycles. The van der Waals surface area contributed by atoms with Crippen LogP contribution in [0.4, 0.5) is 8.78 Å². The minimum Gasteiger partial charge on any atom is -0.396 e. The van der Waals surface area contributed by atoms with Crippen molar-refractivity contribution in [3.63, 3.8) is 0 Å². The lowest BCUT2D eigenvalue weighted by atomic mass is 9.49. The molecule has 3 nitrogen and oxygen atoms in total. The lowest BCUT2D eigenvalue weighted by molar-refractivity contribution is -0.105. The van der Waals surface area contributed by atoms with E-state index >= 15 is 0 Å². The van der Waals surface area contributed by atoms with E-state index in [0.717, 1.165) is 19.3 Å². The van der Waals surface area contributed by atoms with E-state index in [2.05, 4.69) is 6.92 Å². The molecule has 3 aliphatic rings. The summed E-state index contributed by atoms with van der Waals surface area (Å²) in [5.74, 6) is 0.289. The summed E-state index contributed by atoms with van der Waals surface area (Å²) in [7, 11) is 0. The second-order valence-corrected chi connectivity index (χ2v) is 9.11. The van der Waals surface area contributed by atoms with Crippen LogP contribution in [-0.4, -0.2) is 34.6 Å². The Morgan fingerprint density at radius 3 is 2.36 bits per heavy atom. The van der Waals surface area contributed by atoms with Crippen LogP contribution >= 0.6 is 0 Å². The molecule has 7 atom stereocenters. The zero-order chi connectivity index (χ0) is 18.4. The maximum Gasteiger partial charge on any atom is 0.270 e. The van der Waals surface area contributed by atoms with Crippen LogP contribution in [0.5, 0.6) is 0 Å². The molecule has 3 fully saturated rings. The van der Waals surface area contributed by atoms with Crippen molar-refractivity contribution >= 4 is 0 Å². The summed E-state index contributed by atoms with van der Waals surface area (Å²) in [6.07, 6.45) is 2.92. The average Bonchev–Trinajstić information content (AvgIpc) is 2.93. The van der Waals surface area contributed by atoms with Crippen LogP contribution in [0.3, 0.4) is 0 Å². The van der Waals surface area contributed by atoms with E-state index in [0.29, 0.717) is 31.3 Å². The van der Waals surface area contributed by atoms with Gasteiger partial charge in [0.25, 0.3) is 6.08 Å². The third-order valence-corrected chi connectivity index (χ3v) is 8.23. The lowest BCUT2D eigenvalue weighted by Gasteiger charge is -2.56. The largest absolute Gasteiger partial charge is 0.396 e. The SMILES string of the molecule is C[C@]12CCC([C@@]3(C)CC[C@H](O)C[C@@H]3CO)[C@@H](CO)C1CCC2=C(F)F. The van der Waals surface area contributed by atoms with Crippen molar-refractivity contribution < 1.29 is 24.1 Å². The first-order valence-corrected chi connectivity index (χ1v) is 9.72. The Balaban J connectivity index is 1.91. The second-order valence-electron chi connectivity index (χ2n) is 9.11. The van der Waals surface area contributed by atoms with Gasteiger partial charge in [-0.05, 0) is 79.4 Å². The van der Waals surface area contributed by atoms with Crippen molar-refractivity contribution in [3.8, 4) is 0 Å². The number of allylic oxidation sites excluding steroid dienone is 1. The Bertz CT molecular complexity index is 533. The van der Waals surface area contributed by atoms with Crippen LogP contribution < -0.4 is 0 Å². The zero-order valence-corrected chi connectivity index (χ0v) is 15.3. The van der Waals surface area contributed by atoms with Gasteiger partial charge < -0.3 is 15.3 Å². The molecule has 3 saturated carbocycles. The highest BCUT2D eigenvalue weighted by atomic mass is 19.3. The number of aliphatic hydroxyl groups is 3. The third-order valence-electron chi connectivity index (χ3n) is 8.23. The molecule has 5 heteroatoms. The van der Waals surface area contributed by atoms with E-state index in [1.54, 1.807) is 0 Å². The molecule has 0 amide bonds. The van der Waals surface area contributed by atoms with Crippen molar-refractivity contribution in [2.75, 3.05) is 13.2 Å². The third kappa shape index (κ3) is 2.96. The van der Waals surface area contributed by atoms with Gasteiger partial charge in [-0.3, -0.25) is 0 Å². The molecule has 25 heavy (non-hydrogen) atoms. The molecule has 144 valence electrons. The second kappa shape index (κ2) is 6.90. The topological polar surface area (TPSA) is 60.7 Å². The summed E-state index contributed by atoms with van der Waals surface area (Å²) in [6, 6.07) is 0. The monoisotopic (exact) mass is 358 g/mol. The van der Waals surface area contributed by atoms with Crippen molar-refractivity contribution in [2.45, 2.75) is 64.9 Å². The van der Waals surface area contributed by atoms with Gasteiger partial charge in [0.2, 0.25) is 0 Å². The fourth-order valence-electron chi connectivity index (χ4n) is 6.65. The van der Waals surface area contributed by atoms with Gasteiger partial charge in [0.15, 0.2) is 0 Å². The molecule has 0 aromatic carbocycles. The van der Waals surface area contributed by atoms with Crippen LogP contribution in [0.25, 0.3) is 0 Å². The first kappa shape index (κ1) is 19.2. The van der Waals surface area contributed by atoms with E-state index in [1.807, 2.05) is 6.92 Å². The summed E-state index contributed by atoms with van der Waals surface area (Å²) in [5, 5.41) is 30.1. The highest BCUT2D eigenvalue weighted by Crippen LogP contribution is 2.64. The Labute approximate surface area is 149 Å². The van der Waals surface area contributed by atoms with Crippen molar-refractivity contribution in [3.05, 3.63) is 11.7 Å². The van der Waals surface area contributed by atoms with Crippen LogP contribution in [-0.2, 0) is 0 Å². The van der Waals surface area contributed by atoms with E-state index in [4.69, 9.17) is 0 Å². The van der Waals surface area contributed by atoms with Gasteiger partial charge in [0, 0.05) is 18.8 Å². The van der Waals surface area contributed by atoms with E-state index < -0.39 is 11.5 Å². The van der Waals surface area contributed by atoms with Crippen LogP contribution in [0.1, 0.15) is 58.8 Å². The molecule has 0 radical (unpaired) electrons. The van der Waals surface area contributed by atoms with Crippen LogP contribution in [0.15, 0.2) is 11.7 Å². The van der Waals surface area contributed by atoms with Gasteiger partial charge in [-0.1, -0.05) is 13.8 Å². The predicted molar refractivity (Wildman–Crippen MR) is 91.9 cm³/mol. The normalized spacial score (nSPS) is 47.6. The Hall–Kier alpha value is -0.520. The highest BCUT2D eigenvalue weighted by Gasteiger charge is 2.57. The van der Waals surface area contributed by atoms with Gasteiger partial charge in [0.05, 0.1) is 6.10 Å². The molecule has 3 aliphatic carbocycles. The number of fused-ring (bicyclic) bond motifs is 1. The van der Waals surface area contributed by atoms with E-state index in [9.17, 15) is 24.1 Å². The number of hydrogen-bond donors (Lipinski definition) is 3. The van der Waals surface area contributed by atoms with Gasteiger partial charge in [-0.25, -0.2) is 0 Å². The van der Waals surface area contributed by atoms with Crippen molar-refractivity contribution in [1.29, 1.82) is 0 Å². The Kier molecular flexibility index (Phi) is 5.31. The van der Waals surface area contributed by atoms with E-state index in [1.165, 1.54) is 0 Å². The lowest BCUT2D eigenvalue weighted by Crippen LogP contribution is -2.52. The first-order chi connectivity index (χ1) is 11.8. The fourth-order valence-corrected chi connectivity index (χ4v) is 6.65. The fraction of sp³-hybridized carbons (Fsp3) is 0.900. The van der Waals surface area contributed by atoms with Gasteiger partial charge >= 0.3 is 0 Å². The molecule has 0 spiro atoms. The van der Waals surface area contributed by atoms with Gasteiger partial charge in [0.1, 0.15) is 0 Å². The minimum absolute atomic E-state index is 0.00832. The van der Waals surface area contributed by atoms with Crippen molar-refractivity contribution in [1.82, 2.24) is 0 Å². The summed E-state index contributed by atoms with van der Waals surface area (Å²) < 4.78 is 26.9. The molecule has 3 N–H and O–H groups in total. The number of halogens is 2. The Morgan fingerprint density at radius 2 is 1.76 bits per heavy atom. The molecule has 0 aromatic heterocycles. The van der Waals surface area contributed by atoms with Crippen LogP contribution in [0, 0.1) is 34.5 Å².